The molecule has 38 heavy (non-hydrogen) atoms. The maximum Gasteiger partial charge on any atom is 0.254 e. The van der Waals surface area contributed by atoms with Crippen molar-refractivity contribution in [2.45, 2.75) is 64.8 Å². The van der Waals surface area contributed by atoms with Gasteiger partial charge in [-0.2, -0.15) is 0 Å². The molecule has 202 valence electrons. The zero-order chi connectivity index (χ0) is 27.2. The molecule has 1 aliphatic heterocycles. The van der Waals surface area contributed by atoms with Crippen LogP contribution in [0.2, 0.25) is 0 Å². The predicted octanol–water partition coefficient (Wildman–Crippen LogP) is 5.78. The highest BCUT2D eigenvalue weighted by molar-refractivity contribution is 6.06. The van der Waals surface area contributed by atoms with E-state index >= 15 is 0 Å². The molecule has 2 aromatic carbocycles. The minimum absolute atomic E-state index is 0.142. The number of nitrogens with zero attached hydrogens (tertiary/aromatic N) is 1. The molecule has 1 aliphatic carbocycles. The summed E-state index contributed by atoms with van der Waals surface area (Å²) in [6.45, 7) is 8.39. The van der Waals surface area contributed by atoms with Crippen LogP contribution in [0.15, 0.2) is 61.2 Å². The van der Waals surface area contributed by atoms with E-state index in [1.54, 1.807) is 6.08 Å². The number of anilines is 1. The molecule has 2 aromatic rings. The van der Waals surface area contributed by atoms with Gasteiger partial charge in [-0.15, -0.1) is 6.58 Å². The fraction of sp³-hybridized carbons (Fsp3) is 0.469. The van der Waals surface area contributed by atoms with Gasteiger partial charge in [0.1, 0.15) is 6.04 Å². The zero-order valence-electron chi connectivity index (χ0n) is 22.7. The average Bonchev–Trinajstić information content (AvgIpc) is 3.40. The number of hydrogen-bond donors (Lipinski definition) is 2. The molecule has 0 spiro atoms. The van der Waals surface area contributed by atoms with Crippen LogP contribution in [0.1, 0.15) is 70.4 Å². The number of rotatable bonds is 11. The molecule has 6 heteroatoms. The first-order valence-corrected chi connectivity index (χ1v) is 14.0. The lowest BCUT2D eigenvalue weighted by Crippen LogP contribution is -2.47. The lowest BCUT2D eigenvalue weighted by atomic mass is 9.82. The molecule has 1 fully saturated rings. The van der Waals surface area contributed by atoms with E-state index in [4.69, 9.17) is 5.73 Å². The molecule has 6 nitrogen and oxygen atoms in total. The Labute approximate surface area is 226 Å². The molecule has 1 saturated carbocycles. The molecule has 0 aromatic heterocycles. The summed E-state index contributed by atoms with van der Waals surface area (Å²) >= 11 is 0. The SMILES string of the molecule is C=CC[C@H](C(N)=O)[C@@H](CC(C)C)C(=O)NC1C(=O)N(CCC2CCCC2)c2ccccc2-c2ccccc21. The summed E-state index contributed by atoms with van der Waals surface area (Å²) in [5, 5.41) is 3.08. The molecule has 3 N–H and O–H groups in total. The van der Waals surface area contributed by atoms with Crippen molar-refractivity contribution in [1.29, 1.82) is 0 Å². The Bertz CT molecular complexity index is 1170. The van der Waals surface area contributed by atoms with E-state index in [9.17, 15) is 14.4 Å². The van der Waals surface area contributed by atoms with Crippen molar-refractivity contribution >= 4 is 23.4 Å². The average molecular weight is 516 g/mol. The summed E-state index contributed by atoms with van der Waals surface area (Å²) in [5.74, 6) is -1.52. The van der Waals surface area contributed by atoms with E-state index in [0.29, 0.717) is 25.3 Å². The molecular weight excluding hydrogens is 474 g/mol. The van der Waals surface area contributed by atoms with Crippen LogP contribution in [0.5, 0.6) is 0 Å². The van der Waals surface area contributed by atoms with Crippen LogP contribution in [0, 0.1) is 23.7 Å². The standard InChI is InChI=1S/C32H41N3O3/c1-4-11-26(30(33)36)27(20-21(2)3)31(37)34-29-25-16-8-7-14-23(25)24-15-9-10-17-28(24)35(32(29)38)19-18-22-12-5-6-13-22/h4,7-10,14-17,21-22,26-27,29H,1,5-6,11-13,18-20H2,2-3H3,(H2,33,36)(H,34,37)/t26-,27+,29?/m0/s1. The number of amides is 3. The predicted molar refractivity (Wildman–Crippen MR) is 152 cm³/mol. The van der Waals surface area contributed by atoms with Crippen molar-refractivity contribution in [2.75, 3.05) is 11.4 Å². The van der Waals surface area contributed by atoms with E-state index in [1.165, 1.54) is 25.7 Å². The van der Waals surface area contributed by atoms with Crippen molar-refractivity contribution < 1.29 is 14.4 Å². The summed E-state index contributed by atoms with van der Waals surface area (Å²) in [4.78, 5) is 42.4. The van der Waals surface area contributed by atoms with Gasteiger partial charge in [0.15, 0.2) is 0 Å². The Morgan fingerprint density at radius 3 is 2.37 bits per heavy atom. The van der Waals surface area contributed by atoms with E-state index in [0.717, 1.165) is 28.8 Å². The van der Waals surface area contributed by atoms with Gasteiger partial charge in [-0.05, 0) is 48.3 Å². The van der Waals surface area contributed by atoms with Crippen LogP contribution in [0.3, 0.4) is 0 Å². The van der Waals surface area contributed by atoms with Crippen LogP contribution >= 0.6 is 0 Å². The number of nitrogens with two attached hydrogens (primary N) is 1. The highest BCUT2D eigenvalue weighted by atomic mass is 16.2. The smallest absolute Gasteiger partial charge is 0.254 e. The Morgan fingerprint density at radius 2 is 1.71 bits per heavy atom. The highest BCUT2D eigenvalue weighted by Crippen LogP contribution is 2.41. The first kappa shape index (κ1) is 27.6. The fourth-order valence-corrected chi connectivity index (χ4v) is 6.19. The van der Waals surface area contributed by atoms with Gasteiger partial charge in [-0.3, -0.25) is 14.4 Å². The quantitative estimate of drug-likeness (QED) is 0.372. The third kappa shape index (κ3) is 6.01. The zero-order valence-corrected chi connectivity index (χ0v) is 22.7. The number of nitrogens with one attached hydrogen (secondary N) is 1. The number of para-hydroxylation sites is 1. The summed E-state index contributed by atoms with van der Waals surface area (Å²) in [6, 6.07) is 14.9. The second-order valence-electron chi connectivity index (χ2n) is 11.2. The molecule has 1 unspecified atom stereocenters. The third-order valence-electron chi connectivity index (χ3n) is 8.13. The van der Waals surface area contributed by atoms with Gasteiger partial charge in [0.25, 0.3) is 5.91 Å². The van der Waals surface area contributed by atoms with Gasteiger partial charge >= 0.3 is 0 Å². The van der Waals surface area contributed by atoms with E-state index in [2.05, 4.69) is 11.9 Å². The molecule has 4 rings (SSSR count). The minimum atomic E-state index is -0.860. The highest BCUT2D eigenvalue weighted by Gasteiger charge is 2.39. The Balaban J connectivity index is 1.72. The topological polar surface area (TPSA) is 92.5 Å². The summed E-state index contributed by atoms with van der Waals surface area (Å²) in [6.07, 6.45) is 8.29. The summed E-state index contributed by atoms with van der Waals surface area (Å²) in [7, 11) is 0. The summed E-state index contributed by atoms with van der Waals surface area (Å²) in [5.41, 5.74) is 9.30. The van der Waals surface area contributed by atoms with Crippen LogP contribution in [-0.2, 0) is 14.4 Å². The molecule has 0 saturated heterocycles. The first-order valence-electron chi connectivity index (χ1n) is 14.0. The maximum atomic E-state index is 14.3. The van der Waals surface area contributed by atoms with Crippen LogP contribution in [-0.4, -0.2) is 24.3 Å². The molecule has 3 atom stereocenters. The van der Waals surface area contributed by atoms with Crippen molar-refractivity contribution in [2.24, 2.45) is 29.4 Å². The number of benzene rings is 2. The lowest BCUT2D eigenvalue weighted by Gasteiger charge is -2.30. The number of fused-ring (bicyclic) bond motifs is 3. The van der Waals surface area contributed by atoms with Crippen molar-refractivity contribution in [3.8, 4) is 11.1 Å². The van der Waals surface area contributed by atoms with Crippen LogP contribution < -0.4 is 16.0 Å². The number of carbonyl (C=O) groups excluding carboxylic acids is 3. The van der Waals surface area contributed by atoms with E-state index < -0.39 is 23.8 Å². The minimum Gasteiger partial charge on any atom is -0.369 e. The van der Waals surface area contributed by atoms with E-state index in [1.807, 2.05) is 67.3 Å². The molecule has 1 heterocycles. The number of hydrogen-bond acceptors (Lipinski definition) is 3. The molecular formula is C32H41N3O3. The Hall–Kier alpha value is -3.41. The second-order valence-corrected chi connectivity index (χ2v) is 11.2. The van der Waals surface area contributed by atoms with Crippen molar-refractivity contribution in [3.63, 3.8) is 0 Å². The Kier molecular flexibility index (Phi) is 9.03. The van der Waals surface area contributed by atoms with Crippen molar-refractivity contribution in [1.82, 2.24) is 5.32 Å². The normalized spacial score (nSPS) is 18.9. The van der Waals surface area contributed by atoms with Crippen molar-refractivity contribution in [3.05, 3.63) is 66.7 Å². The van der Waals surface area contributed by atoms with Crippen LogP contribution in [0.4, 0.5) is 5.69 Å². The largest absolute Gasteiger partial charge is 0.369 e. The van der Waals surface area contributed by atoms with Gasteiger partial charge < -0.3 is 16.0 Å². The first-order chi connectivity index (χ1) is 18.3. The number of allylic oxidation sites excluding steroid dienone is 1. The van der Waals surface area contributed by atoms with Gasteiger partial charge in [0, 0.05) is 12.1 Å². The van der Waals surface area contributed by atoms with Crippen LogP contribution in [0.25, 0.3) is 11.1 Å². The molecule has 0 bridgehead atoms. The summed E-state index contributed by atoms with van der Waals surface area (Å²) < 4.78 is 0. The number of carbonyl (C=O) groups is 3. The Morgan fingerprint density at radius 1 is 1.05 bits per heavy atom. The van der Waals surface area contributed by atoms with Gasteiger partial charge in [-0.1, -0.05) is 88.1 Å². The number of primary amides is 1. The van der Waals surface area contributed by atoms with E-state index in [-0.39, 0.29) is 17.7 Å². The third-order valence-corrected chi connectivity index (χ3v) is 8.13. The molecule has 2 aliphatic rings. The second kappa shape index (κ2) is 12.4. The monoisotopic (exact) mass is 515 g/mol. The molecule has 3 amide bonds. The van der Waals surface area contributed by atoms with Gasteiger partial charge in [0.2, 0.25) is 11.8 Å². The fourth-order valence-electron chi connectivity index (χ4n) is 6.19. The molecule has 0 radical (unpaired) electrons. The van der Waals surface area contributed by atoms with Gasteiger partial charge in [0.05, 0.1) is 17.5 Å². The lowest BCUT2D eigenvalue weighted by molar-refractivity contribution is -0.135. The maximum absolute atomic E-state index is 14.3. The van der Waals surface area contributed by atoms with Gasteiger partial charge in [-0.25, -0.2) is 0 Å².